The molecule has 0 spiro atoms. The second-order valence-corrected chi connectivity index (χ2v) is 6.44. The summed E-state index contributed by atoms with van der Waals surface area (Å²) >= 11 is 0. The van der Waals surface area contributed by atoms with Crippen LogP contribution in [0.1, 0.15) is 40.5 Å². The first-order chi connectivity index (χ1) is 13.1. The average Bonchev–Trinajstić information content (AvgIpc) is 2.95. The fraction of sp³-hybridized carbons (Fsp3) is 0.250. The molecule has 0 bridgehead atoms. The smallest absolute Gasteiger partial charge is 0.255 e. The fourth-order valence-corrected chi connectivity index (χ4v) is 3.33. The van der Waals surface area contributed by atoms with Crippen molar-refractivity contribution >= 4 is 5.91 Å². The number of hydrogen-bond donors (Lipinski definition) is 1. The van der Waals surface area contributed by atoms with Gasteiger partial charge in [-0.25, -0.2) is 9.07 Å². The topological polar surface area (TPSA) is 69.0 Å². The molecule has 0 aliphatic carbocycles. The van der Waals surface area contributed by atoms with E-state index in [1.165, 1.54) is 6.07 Å². The number of carbonyl (C=O) groups excluding carboxylic acids is 1. The van der Waals surface area contributed by atoms with E-state index >= 15 is 0 Å². The number of hydrogen-bond acceptors (Lipinski definition) is 4. The third-order valence-electron chi connectivity index (χ3n) is 4.72. The zero-order valence-corrected chi connectivity index (χ0v) is 14.9. The highest BCUT2D eigenvalue weighted by molar-refractivity contribution is 5.95. The van der Waals surface area contributed by atoms with Gasteiger partial charge >= 0.3 is 0 Å². The van der Waals surface area contributed by atoms with Crippen molar-refractivity contribution in [2.75, 3.05) is 6.61 Å². The molecule has 1 atom stereocenters. The predicted molar refractivity (Wildman–Crippen MR) is 97.4 cm³/mol. The third-order valence-corrected chi connectivity index (χ3v) is 4.72. The third kappa shape index (κ3) is 3.28. The molecule has 3 aromatic rings. The lowest BCUT2D eigenvalue weighted by Gasteiger charge is -2.18. The second kappa shape index (κ2) is 7.19. The van der Waals surface area contributed by atoms with Gasteiger partial charge in [0, 0.05) is 18.0 Å². The van der Waals surface area contributed by atoms with Crippen LogP contribution in [0.3, 0.4) is 0 Å². The number of rotatable bonds is 3. The van der Waals surface area contributed by atoms with Crippen LogP contribution in [0, 0.1) is 12.7 Å². The number of para-hydroxylation sites is 1. The summed E-state index contributed by atoms with van der Waals surface area (Å²) in [5, 5.41) is 7.33. The van der Waals surface area contributed by atoms with Crippen LogP contribution in [-0.2, 0) is 0 Å². The minimum Gasteiger partial charge on any atom is -0.490 e. The molecule has 0 saturated carbocycles. The monoisotopic (exact) mass is 366 g/mol. The zero-order valence-electron chi connectivity index (χ0n) is 14.9. The molecular weight excluding hydrogens is 347 g/mol. The molecule has 1 N–H and O–H groups in total. The van der Waals surface area contributed by atoms with Crippen molar-refractivity contribution in [3.05, 3.63) is 71.6 Å². The standard InChI is InChI=1S/C20H19FN4O2/c1-13-16(12-23-25(13)14-7-9-22-10-8-14)20(26)24-18-6-3-11-27-19-15(18)4-2-5-17(19)21/h2,4-5,7-10,12,18H,3,6,11H2,1H3,(H,24,26). The van der Waals surface area contributed by atoms with Gasteiger partial charge in [0.2, 0.25) is 0 Å². The van der Waals surface area contributed by atoms with Gasteiger partial charge in [-0.05, 0) is 38.0 Å². The number of halogens is 1. The molecule has 1 aliphatic rings. The number of carbonyl (C=O) groups is 1. The molecule has 4 rings (SSSR count). The molecule has 1 unspecified atom stereocenters. The molecule has 1 aromatic carbocycles. The molecule has 0 saturated heterocycles. The summed E-state index contributed by atoms with van der Waals surface area (Å²) in [5.41, 5.74) is 2.70. The summed E-state index contributed by atoms with van der Waals surface area (Å²) in [5.74, 6) is -0.422. The molecule has 138 valence electrons. The van der Waals surface area contributed by atoms with Gasteiger partial charge in [0.05, 0.1) is 35.8 Å². The molecule has 7 heteroatoms. The van der Waals surface area contributed by atoms with Crippen LogP contribution in [0.25, 0.3) is 5.69 Å². The van der Waals surface area contributed by atoms with E-state index in [2.05, 4.69) is 15.4 Å². The zero-order chi connectivity index (χ0) is 18.8. The Labute approximate surface area is 156 Å². The molecule has 3 heterocycles. The van der Waals surface area contributed by atoms with E-state index in [1.54, 1.807) is 35.4 Å². The maximum absolute atomic E-state index is 14.1. The SMILES string of the molecule is Cc1c(C(=O)NC2CCCOc3c(F)cccc32)cnn1-c1ccncc1. The summed E-state index contributed by atoms with van der Waals surface area (Å²) in [7, 11) is 0. The highest BCUT2D eigenvalue weighted by Crippen LogP contribution is 2.33. The van der Waals surface area contributed by atoms with Crippen LogP contribution in [0.15, 0.2) is 48.9 Å². The Morgan fingerprint density at radius 3 is 2.93 bits per heavy atom. The van der Waals surface area contributed by atoms with Crippen molar-refractivity contribution in [1.29, 1.82) is 0 Å². The van der Waals surface area contributed by atoms with Gasteiger partial charge in [0.1, 0.15) is 0 Å². The fourth-order valence-electron chi connectivity index (χ4n) is 3.33. The molecular formula is C20H19FN4O2. The Kier molecular flexibility index (Phi) is 4.58. The van der Waals surface area contributed by atoms with Crippen molar-refractivity contribution < 1.29 is 13.9 Å². The maximum Gasteiger partial charge on any atom is 0.255 e. The number of nitrogens with one attached hydrogen (secondary N) is 1. The summed E-state index contributed by atoms with van der Waals surface area (Å²) < 4.78 is 21.3. The van der Waals surface area contributed by atoms with Crippen molar-refractivity contribution in [2.45, 2.75) is 25.8 Å². The van der Waals surface area contributed by atoms with Gasteiger partial charge in [-0.2, -0.15) is 5.10 Å². The molecule has 1 amide bonds. The van der Waals surface area contributed by atoms with Crippen LogP contribution in [-0.4, -0.2) is 27.3 Å². The first kappa shape index (κ1) is 17.2. The van der Waals surface area contributed by atoms with Crippen LogP contribution >= 0.6 is 0 Å². The highest BCUT2D eigenvalue weighted by Gasteiger charge is 2.25. The Morgan fingerprint density at radius 2 is 2.11 bits per heavy atom. The number of ether oxygens (including phenoxy) is 1. The number of pyridine rings is 1. The van der Waals surface area contributed by atoms with Crippen molar-refractivity contribution in [2.24, 2.45) is 0 Å². The van der Waals surface area contributed by atoms with E-state index in [1.807, 2.05) is 19.1 Å². The van der Waals surface area contributed by atoms with Crippen LogP contribution in [0.5, 0.6) is 5.75 Å². The Morgan fingerprint density at radius 1 is 1.30 bits per heavy atom. The summed E-state index contributed by atoms with van der Waals surface area (Å²) in [4.78, 5) is 16.9. The van der Waals surface area contributed by atoms with Gasteiger partial charge < -0.3 is 10.1 Å². The van der Waals surface area contributed by atoms with Crippen molar-refractivity contribution in [3.8, 4) is 11.4 Å². The lowest BCUT2D eigenvalue weighted by atomic mass is 10.0. The van der Waals surface area contributed by atoms with Crippen LogP contribution < -0.4 is 10.1 Å². The minimum atomic E-state index is -0.407. The first-order valence-corrected chi connectivity index (χ1v) is 8.82. The lowest BCUT2D eigenvalue weighted by Crippen LogP contribution is -2.28. The first-order valence-electron chi connectivity index (χ1n) is 8.82. The average molecular weight is 366 g/mol. The van der Waals surface area contributed by atoms with E-state index in [4.69, 9.17) is 4.74 Å². The van der Waals surface area contributed by atoms with Crippen LogP contribution in [0.2, 0.25) is 0 Å². The number of nitrogens with zero attached hydrogens (tertiary/aromatic N) is 3. The predicted octanol–water partition coefficient (Wildman–Crippen LogP) is 3.36. The van der Waals surface area contributed by atoms with E-state index in [9.17, 15) is 9.18 Å². The Balaban J connectivity index is 1.61. The minimum absolute atomic E-state index is 0.226. The van der Waals surface area contributed by atoms with Gasteiger partial charge in [-0.1, -0.05) is 12.1 Å². The molecule has 6 nitrogen and oxygen atoms in total. The van der Waals surface area contributed by atoms with Gasteiger partial charge in [-0.15, -0.1) is 0 Å². The van der Waals surface area contributed by atoms with Gasteiger partial charge in [-0.3, -0.25) is 9.78 Å². The van der Waals surface area contributed by atoms with Gasteiger partial charge in [0.25, 0.3) is 5.91 Å². The summed E-state index contributed by atoms with van der Waals surface area (Å²) in [6.07, 6.45) is 6.30. The molecule has 0 radical (unpaired) electrons. The van der Waals surface area contributed by atoms with E-state index in [-0.39, 0.29) is 17.7 Å². The van der Waals surface area contributed by atoms with E-state index in [0.29, 0.717) is 24.2 Å². The molecule has 2 aromatic heterocycles. The van der Waals surface area contributed by atoms with E-state index < -0.39 is 5.82 Å². The van der Waals surface area contributed by atoms with Crippen molar-refractivity contribution in [1.82, 2.24) is 20.1 Å². The number of fused-ring (bicyclic) bond motifs is 1. The highest BCUT2D eigenvalue weighted by atomic mass is 19.1. The molecule has 0 fully saturated rings. The number of aromatic nitrogens is 3. The Bertz CT molecular complexity index is 971. The quantitative estimate of drug-likeness (QED) is 0.772. The largest absolute Gasteiger partial charge is 0.490 e. The molecule has 27 heavy (non-hydrogen) atoms. The summed E-state index contributed by atoms with van der Waals surface area (Å²) in [6, 6.07) is 8.13. The second-order valence-electron chi connectivity index (χ2n) is 6.44. The lowest BCUT2D eigenvalue weighted by molar-refractivity contribution is 0.0934. The normalized spacial score (nSPS) is 16.1. The number of benzene rings is 1. The maximum atomic E-state index is 14.1. The van der Waals surface area contributed by atoms with Crippen molar-refractivity contribution in [3.63, 3.8) is 0 Å². The summed E-state index contributed by atoms with van der Waals surface area (Å²) in [6.45, 7) is 2.27. The number of amides is 1. The Hall–Kier alpha value is -3.22. The van der Waals surface area contributed by atoms with Gasteiger partial charge in [0.15, 0.2) is 11.6 Å². The molecule has 1 aliphatic heterocycles. The van der Waals surface area contributed by atoms with E-state index in [0.717, 1.165) is 17.8 Å². The van der Waals surface area contributed by atoms with Crippen LogP contribution in [0.4, 0.5) is 4.39 Å².